The van der Waals surface area contributed by atoms with E-state index in [1.165, 1.54) is 11.3 Å². The quantitative estimate of drug-likeness (QED) is 0.669. The molecule has 1 aromatic heterocycles. The lowest BCUT2D eigenvalue weighted by Gasteiger charge is -1.97. The monoisotopic (exact) mass is 270 g/mol. The van der Waals surface area contributed by atoms with Gasteiger partial charge in [0.25, 0.3) is 5.91 Å². The molecule has 0 saturated carbocycles. The molecule has 2 aromatic rings. The third-order valence-electron chi connectivity index (χ3n) is 2.40. The van der Waals surface area contributed by atoms with Gasteiger partial charge in [0.2, 0.25) is 0 Å². The molecule has 96 valence electrons. The van der Waals surface area contributed by atoms with Gasteiger partial charge in [-0.05, 0) is 30.0 Å². The highest BCUT2D eigenvalue weighted by atomic mass is 32.1. The number of rotatable bonds is 4. The minimum absolute atomic E-state index is 0.178. The van der Waals surface area contributed by atoms with Gasteiger partial charge in [0.1, 0.15) is 0 Å². The first kappa shape index (κ1) is 13.2. The number of carbonyl (C=O) groups excluding carboxylic acids is 1. The van der Waals surface area contributed by atoms with Gasteiger partial charge in [0.15, 0.2) is 0 Å². The van der Waals surface area contributed by atoms with Gasteiger partial charge in [-0.15, -0.1) is 11.3 Å². The fourth-order valence-corrected chi connectivity index (χ4v) is 2.03. The zero-order valence-corrected chi connectivity index (χ0v) is 11.4. The molecular weight excluding hydrogens is 256 g/mol. The Balaban J connectivity index is 1.93. The maximum Gasteiger partial charge on any atom is 0.281 e. The van der Waals surface area contributed by atoms with Crippen LogP contribution in [0.4, 0.5) is 0 Å². The zero-order chi connectivity index (χ0) is 13.5. The minimum Gasteiger partial charge on any atom is -0.266 e. The van der Waals surface area contributed by atoms with Gasteiger partial charge >= 0.3 is 0 Å². The van der Waals surface area contributed by atoms with Crippen LogP contribution in [0.2, 0.25) is 0 Å². The molecule has 2 rings (SSSR count). The Morgan fingerprint density at radius 1 is 1.21 bits per heavy atom. The number of hydrazone groups is 1. The highest BCUT2D eigenvalue weighted by Crippen LogP contribution is 2.07. The molecule has 1 heterocycles. The summed E-state index contributed by atoms with van der Waals surface area (Å²) in [7, 11) is 0. The minimum atomic E-state index is -0.178. The third-order valence-corrected chi connectivity index (χ3v) is 3.26. The van der Waals surface area contributed by atoms with E-state index in [1.807, 2.05) is 60.9 Å². The number of nitrogens with one attached hydrogen (secondary N) is 1. The number of hydrogen-bond donors (Lipinski definition) is 1. The zero-order valence-electron chi connectivity index (χ0n) is 10.5. The Morgan fingerprint density at radius 3 is 2.68 bits per heavy atom. The Morgan fingerprint density at radius 2 is 2.00 bits per heavy atom. The molecule has 19 heavy (non-hydrogen) atoms. The molecule has 1 N–H and O–H groups in total. The first-order chi connectivity index (χ1) is 9.25. The van der Waals surface area contributed by atoms with Crippen LogP contribution in [-0.2, 0) is 0 Å². The van der Waals surface area contributed by atoms with Crippen molar-refractivity contribution in [1.82, 2.24) is 5.43 Å². The summed E-state index contributed by atoms with van der Waals surface area (Å²) in [5.41, 5.74) is 4.37. The molecule has 0 aliphatic rings. The van der Waals surface area contributed by atoms with Crippen molar-refractivity contribution in [3.63, 3.8) is 0 Å². The van der Waals surface area contributed by atoms with Crippen LogP contribution in [0.25, 0.3) is 6.08 Å². The van der Waals surface area contributed by atoms with Crippen molar-refractivity contribution in [2.45, 2.75) is 6.92 Å². The second-order valence-corrected chi connectivity index (χ2v) is 4.86. The third kappa shape index (κ3) is 4.19. The molecule has 0 saturated heterocycles. The first-order valence-corrected chi connectivity index (χ1v) is 6.75. The van der Waals surface area contributed by atoms with E-state index in [-0.39, 0.29) is 5.91 Å². The lowest BCUT2D eigenvalue weighted by molar-refractivity contribution is 0.0959. The van der Waals surface area contributed by atoms with Gasteiger partial charge in [0, 0.05) is 0 Å². The number of hydrogen-bond acceptors (Lipinski definition) is 3. The molecule has 1 amide bonds. The van der Waals surface area contributed by atoms with Gasteiger partial charge in [0.05, 0.1) is 10.6 Å². The van der Waals surface area contributed by atoms with Crippen molar-refractivity contribution >= 4 is 29.0 Å². The molecule has 0 radical (unpaired) electrons. The van der Waals surface area contributed by atoms with Crippen LogP contribution < -0.4 is 5.43 Å². The molecule has 0 fully saturated rings. The Labute approximate surface area is 116 Å². The summed E-state index contributed by atoms with van der Waals surface area (Å²) in [6, 6.07) is 13.5. The van der Waals surface area contributed by atoms with Crippen molar-refractivity contribution in [3.8, 4) is 0 Å². The van der Waals surface area contributed by atoms with E-state index < -0.39 is 0 Å². The summed E-state index contributed by atoms with van der Waals surface area (Å²) >= 11 is 1.39. The number of amides is 1. The molecule has 0 spiro atoms. The number of allylic oxidation sites excluding steroid dienone is 1. The molecule has 0 aliphatic carbocycles. The fourth-order valence-electron chi connectivity index (χ4n) is 1.42. The van der Waals surface area contributed by atoms with Crippen molar-refractivity contribution in [2.75, 3.05) is 0 Å². The molecule has 4 heteroatoms. The van der Waals surface area contributed by atoms with Crippen molar-refractivity contribution < 1.29 is 4.79 Å². The standard InChI is InChI=1S/C15H14N2OS/c1-12(9-10-13-6-3-2-4-7-13)16-17-15(18)14-8-5-11-19-14/h2-11H,1H3,(H,17,18)/b10-9+,16-12-. The van der Waals surface area contributed by atoms with E-state index >= 15 is 0 Å². The fraction of sp³-hybridized carbons (Fsp3) is 0.0667. The lowest BCUT2D eigenvalue weighted by atomic mass is 10.2. The van der Waals surface area contributed by atoms with Crippen LogP contribution >= 0.6 is 11.3 Å². The molecule has 1 aromatic carbocycles. The van der Waals surface area contributed by atoms with Crippen LogP contribution in [-0.4, -0.2) is 11.6 Å². The topological polar surface area (TPSA) is 41.5 Å². The van der Waals surface area contributed by atoms with Gasteiger partial charge in [-0.3, -0.25) is 4.79 Å². The second-order valence-electron chi connectivity index (χ2n) is 3.92. The molecule has 0 unspecified atom stereocenters. The Bertz CT molecular complexity index is 586. The summed E-state index contributed by atoms with van der Waals surface area (Å²) in [4.78, 5) is 12.3. The molecule has 0 aliphatic heterocycles. The van der Waals surface area contributed by atoms with E-state index in [9.17, 15) is 4.79 Å². The number of nitrogens with zero attached hydrogens (tertiary/aromatic N) is 1. The second kappa shape index (κ2) is 6.66. The Hall–Kier alpha value is -2.20. The summed E-state index contributed by atoms with van der Waals surface area (Å²) in [6.07, 6.45) is 3.82. The van der Waals surface area contributed by atoms with Gasteiger partial charge in [-0.1, -0.05) is 42.5 Å². The van der Waals surface area contributed by atoms with E-state index in [4.69, 9.17) is 0 Å². The number of carbonyl (C=O) groups is 1. The van der Waals surface area contributed by atoms with Gasteiger partial charge in [-0.25, -0.2) is 5.43 Å². The smallest absolute Gasteiger partial charge is 0.266 e. The SMILES string of the molecule is CC(/C=C/c1ccccc1)=N/NC(=O)c1cccs1. The predicted molar refractivity (Wildman–Crippen MR) is 80.4 cm³/mol. The maximum absolute atomic E-state index is 11.7. The summed E-state index contributed by atoms with van der Waals surface area (Å²) in [5.74, 6) is -0.178. The van der Waals surface area contributed by atoms with E-state index in [1.54, 1.807) is 6.07 Å². The maximum atomic E-state index is 11.7. The predicted octanol–water partition coefficient (Wildman–Crippen LogP) is 3.57. The van der Waals surface area contributed by atoms with Crippen LogP contribution in [0.5, 0.6) is 0 Å². The molecule has 0 bridgehead atoms. The van der Waals surface area contributed by atoms with Crippen LogP contribution in [0, 0.1) is 0 Å². The largest absolute Gasteiger partial charge is 0.281 e. The molecule has 3 nitrogen and oxygen atoms in total. The average Bonchev–Trinajstić information content (AvgIpc) is 2.98. The highest BCUT2D eigenvalue weighted by molar-refractivity contribution is 7.12. The van der Waals surface area contributed by atoms with Crippen LogP contribution in [0.1, 0.15) is 22.2 Å². The lowest BCUT2D eigenvalue weighted by Crippen LogP contribution is -2.17. The summed E-state index contributed by atoms with van der Waals surface area (Å²) in [5, 5.41) is 5.89. The van der Waals surface area contributed by atoms with Crippen molar-refractivity contribution in [1.29, 1.82) is 0 Å². The van der Waals surface area contributed by atoms with E-state index in [0.717, 1.165) is 11.3 Å². The van der Waals surface area contributed by atoms with Crippen LogP contribution in [0.15, 0.2) is 59.0 Å². The number of thiophene rings is 1. The first-order valence-electron chi connectivity index (χ1n) is 5.87. The Kier molecular flexibility index (Phi) is 4.64. The van der Waals surface area contributed by atoms with Gasteiger partial charge in [-0.2, -0.15) is 5.10 Å². The molecular formula is C15H14N2OS. The summed E-state index contributed by atoms with van der Waals surface area (Å²) < 4.78 is 0. The van der Waals surface area contributed by atoms with Crippen molar-refractivity contribution in [2.24, 2.45) is 5.10 Å². The van der Waals surface area contributed by atoms with E-state index in [2.05, 4.69) is 10.5 Å². The van der Waals surface area contributed by atoms with E-state index in [0.29, 0.717) is 4.88 Å². The number of benzene rings is 1. The van der Waals surface area contributed by atoms with Crippen molar-refractivity contribution in [3.05, 3.63) is 64.4 Å². The molecule has 0 atom stereocenters. The van der Waals surface area contributed by atoms with Crippen LogP contribution in [0.3, 0.4) is 0 Å². The normalized spacial score (nSPS) is 11.7. The highest BCUT2D eigenvalue weighted by Gasteiger charge is 2.03. The average molecular weight is 270 g/mol. The van der Waals surface area contributed by atoms with Gasteiger partial charge < -0.3 is 0 Å². The summed E-state index contributed by atoms with van der Waals surface area (Å²) in [6.45, 7) is 1.84.